The molecule has 3 heterocycles. The lowest BCUT2D eigenvalue weighted by molar-refractivity contribution is -0.161. The second kappa shape index (κ2) is 9.31. The van der Waals surface area contributed by atoms with E-state index >= 15 is 0 Å². The molecule has 0 aromatic carbocycles. The van der Waals surface area contributed by atoms with Crippen LogP contribution in [-0.2, 0) is 24.7 Å². The van der Waals surface area contributed by atoms with Crippen LogP contribution in [0.3, 0.4) is 0 Å². The molecule has 1 saturated carbocycles. The van der Waals surface area contributed by atoms with Crippen molar-refractivity contribution in [2.45, 2.75) is 50.8 Å². The Morgan fingerprint density at radius 3 is 2.57 bits per heavy atom. The molecule has 4 rings (SSSR count). The maximum atomic E-state index is 13.3. The normalized spacial score (nSPS) is 19.9. The van der Waals surface area contributed by atoms with Gasteiger partial charge in [0.05, 0.1) is 11.7 Å². The van der Waals surface area contributed by atoms with Crippen LogP contribution in [0.25, 0.3) is 0 Å². The number of aromatic hydroxyl groups is 1. The van der Waals surface area contributed by atoms with Crippen LogP contribution in [0, 0.1) is 5.92 Å². The van der Waals surface area contributed by atoms with E-state index in [0.717, 1.165) is 23.6 Å². The molecule has 2 atom stereocenters. The van der Waals surface area contributed by atoms with Gasteiger partial charge in [0.15, 0.2) is 22.7 Å². The van der Waals surface area contributed by atoms with E-state index in [9.17, 15) is 37.7 Å². The van der Waals surface area contributed by atoms with E-state index in [4.69, 9.17) is 10.6 Å². The van der Waals surface area contributed by atoms with Crippen LogP contribution >= 0.6 is 11.3 Å². The Kier molecular flexibility index (Phi) is 6.63. The second-order valence-corrected chi connectivity index (χ2v) is 11.2. The molecule has 37 heavy (non-hydrogen) atoms. The fourth-order valence-electron chi connectivity index (χ4n) is 4.36. The number of nitrogens with one attached hydrogen (secondary N) is 1. The van der Waals surface area contributed by atoms with E-state index < -0.39 is 62.6 Å². The van der Waals surface area contributed by atoms with Crippen LogP contribution in [0.4, 0.5) is 5.13 Å². The van der Waals surface area contributed by atoms with Crippen molar-refractivity contribution in [1.82, 2.24) is 19.3 Å². The zero-order chi connectivity index (χ0) is 27.3. The van der Waals surface area contributed by atoms with E-state index in [1.165, 1.54) is 5.38 Å². The standard InChI is InChI=1S/C20H24N6O9S2/c1-9(2)15(11-6-12(27)13(28)7-25(11)31)35-24-14(10-8-36-19(21)22-10)17(29)23-16-18(30)26(37(32,33)34)20(16)4-3-5-20/h6-9,15-16,28,31H,3-5H2,1-2H3,(H2,21,22)(H,23,29)(H,32,33,34)/b24-14-. The lowest BCUT2D eigenvalue weighted by Crippen LogP contribution is -2.82. The molecular weight excluding hydrogens is 532 g/mol. The number of hydrogen-bond donors (Lipinski definition) is 5. The van der Waals surface area contributed by atoms with Crippen LogP contribution < -0.4 is 16.5 Å². The Labute approximate surface area is 214 Å². The second-order valence-electron chi connectivity index (χ2n) is 9.02. The van der Waals surface area contributed by atoms with Gasteiger partial charge in [-0.05, 0) is 25.2 Å². The minimum Gasteiger partial charge on any atom is -0.503 e. The van der Waals surface area contributed by atoms with Gasteiger partial charge >= 0.3 is 10.3 Å². The molecule has 0 radical (unpaired) electrons. The molecule has 2 amide bonds. The number of anilines is 1. The van der Waals surface area contributed by atoms with Crippen molar-refractivity contribution in [3.63, 3.8) is 0 Å². The first-order chi connectivity index (χ1) is 17.3. The average molecular weight is 557 g/mol. The molecule has 1 aliphatic heterocycles. The minimum absolute atomic E-state index is 0.00401. The van der Waals surface area contributed by atoms with Crippen LogP contribution in [-0.4, -0.2) is 66.4 Å². The predicted molar refractivity (Wildman–Crippen MR) is 128 cm³/mol. The lowest BCUT2D eigenvalue weighted by Gasteiger charge is -2.59. The van der Waals surface area contributed by atoms with Gasteiger partial charge in [0.25, 0.3) is 11.8 Å². The summed E-state index contributed by atoms with van der Waals surface area (Å²) in [5.41, 5.74) is 3.17. The summed E-state index contributed by atoms with van der Waals surface area (Å²) in [6.45, 7) is 3.38. The van der Waals surface area contributed by atoms with Crippen molar-refractivity contribution >= 4 is 44.3 Å². The van der Waals surface area contributed by atoms with E-state index in [-0.39, 0.29) is 29.4 Å². The number of thiazole rings is 1. The fourth-order valence-corrected chi connectivity index (χ4v) is 5.98. The zero-order valence-electron chi connectivity index (χ0n) is 19.6. The molecule has 2 aliphatic rings. The van der Waals surface area contributed by atoms with Gasteiger partial charge in [0, 0.05) is 11.4 Å². The number of hydrogen-bond acceptors (Lipinski definition) is 12. The Morgan fingerprint density at radius 1 is 1.38 bits per heavy atom. The highest BCUT2D eigenvalue weighted by Gasteiger charge is 2.68. The molecule has 17 heteroatoms. The predicted octanol–water partition coefficient (Wildman–Crippen LogP) is 0.000400. The number of oxime groups is 1. The van der Waals surface area contributed by atoms with E-state index in [1.807, 2.05) is 0 Å². The summed E-state index contributed by atoms with van der Waals surface area (Å²) in [7, 11) is -4.81. The number of pyridine rings is 1. The van der Waals surface area contributed by atoms with E-state index in [1.54, 1.807) is 13.8 Å². The van der Waals surface area contributed by atoms with Crippen molar-refractivity contribution < 1.29 is 37.7 Å². The highest BCUT2D eigenvalue weighted by Crippen LogP contribution is 2.49. The summed E-state index contributed by atoms with van der Waals surface area (Å²) in [6.07, 6.45) is 0.802. The number of carbonyl (C=O) groups excluding carboxylic acids is 2. The molecule has 2 unspecified atom stereocenters. The zero-order valence-corrected chi connectivity index (χ0v) is 21.2. The van der Waals surface area contributed by atoms with E-state index in [2.05, 4.69) is 15.5 Å². The molecule has 1 spiro atoms. The quantitative estimate of drug-likeness (QED) is 0.0955. The molecule has 6 N–H and O–H groups in total. The summed E-state index contributed by atoms with van der Waals surface area (Å²) in [5, 5.41) is 27.6. The Bertz CT molecular complexity index is 1440. The summed E-state index contributed by atoms with van der Waals surface area (Å²) >= 11 is 1.00. The van der Waals surface area contributed by atoms with Crippen LogP contribution in [0.1, 0.15) is 50.6 Å². The molecule has 0 bridgehead atoms. The molecule has 2 fully saturated rings. The monoisotopic (exact) mass is 556 g/mol. The first-order valence-electron chi connectivity index (χ1n) is 11.0. The fraction of sp³-hybridized carbons (Fsp3) is 0.450. The molecule has 200 valence electrons. The first kappa shape index (κ1) is 26.4. The molecule has 2 aromatic rings. The molecule has 2 aromatic heterocycles. The number of carbonyl (C=O) groups is 2. The maximum Gasteiger partial charge on any atom is 0.362 e. The number of amides is 2. The maximum absolute atomic E-state index is 13.3. The molecule has 1 aliphatic carbocycles. The van der Waals surface area contributed by atoms with Gasteiger partial charge in [0.2, 0.25) is 5.43 Å². The van der Waals surface area contributed by atoms with Crippen molar-refractivity contribution in [2.24, 2.45) is 11.1 Å². The summed E-state index contributed by atoms with van der Waals surface area (Å²) in [4.78, 5) is 47.3. The number of β-lactam (4-membered cyclic amide) rings is 1. The highest BCUT2D eigenvalue weighted by molar-refractivity contribution is 7.84. The van der Waals surface area contributed by atoms with Gasteiger partial charge in [-0.3, -0.25) is 18.9 Å². The Hall–Kier alpha value is -3.70. The molecular formula is C20H24N6O9S2. The third kappa shape index (κ3) is 4.60. The highest BCUT2D eigenvalue weighted by atomic mass is 32.2. The summed E-state index contributed by atoms with van der Waals surface area (Å²) < 4.78 is 33.7. The van der Waals surface area contributed by atoms with Crippen LogP contribution in [0.5, 0.6) is 5.75 Å². The van der Waals surface area contributed by atoms with Gasteiger partial charge in [-0.1, -0.05) is 19.0 Å². The van der Waals surface area contributed by atoms with Crippen molar-refractivity contribution in [1.29, 1.82) is 0 Å². The SMILES string of the molecule is CC(C)C(O/N=C(\C(=O)NC1C(=O)N(S(=O)(=O)O)C12CCC2)c1csc(N)n1)c1cc(=O)c(O)cn1O. The van der Waals surface area contributed by atoms with Crippen molar-refractivity contribution in [3.8, 4) is 5.75 Å². The largest absolute Gasteiger partial charge is 0.503 e. The molecule has 1 saturated heterocycles. The number of aromatic nitrogens is 2. The Morgan fingerprint density at radius 2 is 2.05 bits per heavy atom. The molecule has 15 nitrogen and oxygen atoms in total. The third-order valence-corrected chi connectivity index (χ3v) is 7.97. The van der Waals surface area contributed by atoms with Gasteiger partial charge < -0.3 is 26.2 Å². The summed E-state index contributed by atoms with van der Waals surface area (Å²) in [5.74, 6) is -3.02. The van der Waals surface area contributed by atoms with Crippen molar-refractivity contribution in [2.75, 3.05) is 5.73 Å². The number of nitrogen functional groups attached to an aromatic ring is 1. The lowest BCUT2D eigenvalue weighted by atomic mass is 9.66. The first-order valence-corrected chi connectivity index (χ1v) is 13.3. The number of rotatable bonds is 8. The summed E-state index contributed by atoms with van der Waals surface area (Å²) in [6, 6.07) is -0.287. The van der Waals surface area contributed by atoms with Gasteiger partial charge in [-0.2, -0.15) is 13.1 Å². The van der Waals surface area contributed by atoms with Crippen LogP contribution in [0.15, 0.2) is 27.6 Å². The van der Waals surface area contributed by atoms with Gasteiger partial charge in [0.1, 0.15) is 17.4 Å². The van der Waals surface area contributed by atoms with Gasteiger partial charge in [-0.25, -0.2) is 9.29 Å². The van der Waals surface area contributed by atoms with Crippen molar-refractivity contribution in [3.05, 3.63) is 39.3 Å². The topological polar surface area (TPSA) is 227 Å². The number of nitrogens with zero attached hydrogens (tertiary/aromatic N) is 4. The Balaban J connectivity index is 1.65. The number of nitrogens with two attached hydrogens (primary N) is 1. The van der Waals surface area contributed by atoms with Gasteiger partial charge in [-0.15, -0.1) is 11.3 Å². The third-order valence-electron chi connectivity index (χ3n) is 6.29. The van der Waals surface area contributed by atoms with E-state index in [0.29, 0.717) is 15.5 Å². The van der Waals surface area contributed by atoms with Crippen LogP contribution in [0.2, 0.25) is 0 Å². The average Bonchev–Trinajstić information content (AvgIpc) is 3.19. The minimum atomic E-state index is -4.81. The smallest absolute Gasteiger partial charge is 0.362 e.